The van der Waals surface area contributed by atoms with E-state index in [2.05, 4.69) is 85.7 Å². The van der Waals surface area contributed by atoms with Gasteiger partial charge < -0.3 is 50.0 Å². The first-order valence-corrected chi connectivity index (χ1v) is 33.2. The van der Waals surface area contributed by atoms with Gasteiger partial charge in [-0.1, -0.05) is 188 Å². The molecular formula is C84H96O10. The molecule has 0 saturated carbocycles. The summed E-state index contributed by atoms with van der Waals surface area (Å²) >= 11 is 0. The van der Waals surface area contributed by atoms with Gasteiger partial charge in [-0.05, 0) is 212 Å². The molecule has 0 saturated heterocycles. The number of rotatable bonds is 20. The highest BCUT2D eigenvalue weighted by Gasteiger charge is 2.32. The van der Waals surface area contributed by atoms with Crippen LogP contribution in [0.4, 0.5) is 0 Å². The van der Waals surface area contributed by atoms with E-state index in [1.165, 1.54) is 45.4 Å². The average Bonchev–Trinajstić information content (AvgIpc) is 1.62. The standard InChI is InChI=1S/C19H24O.C18H22O2.2C16H18O2.C15H14O3/c1-3-5-15-7-9-17(10-8-15)14-18-13-16(6-4-2)11-12-19(18)20;1-3-5-13-7-9-17(19)15(11-13)16-12-14(6-4-2)8-10-18(16)20;1-12-3-9-16(10-4-12)18-13(2)11-14-5-7-15(17)8-6-14;1-3-16(13-6-8-14(17)9-7-13)18-15-10-4-12(2)5-11-15;1-9-13-8-12(17)6-7-14(13)18-15(9)10-2-4-11(16)5-3-10/h7-13,20H,3-6,14H2,1-2H3;7-12,19-20H,3-6H2,1-2H3;3-10,13,17H,11H2,1-2H3;4-11,16-17H,3H2,1-2H3;2-9,15-17H,1H3/t;;13-;16-;/m..00./s1. The van der Waals surface area contributed by atoms with E-state index >= 15 is 0 Å². The monoisotopic (exact) mass is 1260 g/mol. The predicted molar refractivity (Wildman–Crippen MR) is 383 cm³/mol. The van der Waals surface area contributed by atoms with Crippen molar-refractivity contribution in [1.29, 1.82) is 0 Å². The first-order chi connectivity index (χ1) is 45.3. The Morgan fingerprint density at radius 2 is 0.819 bits per heavy atom. The maximum atomic E-state index is 10.1. The third-order valence-electron chi connectivity index (χ3n) is 16.3. The summed E-state index contributed by atoms with van der Waals surface area (Å²) in [6.45, 7) is 19.0. The van der Waals surface area contributed by atoms with E-state index in [4.69, 9.17) is 14.2 Å². The zero-order chi connectivity index (χ0) is 67.5. The van der Waals surface area contributed by atoms with Crippen molar-refractivity contribution in [3.8, 4) is 68.6 Å². The molecule has 10 aromatic rings. The molecule has 7 N–H and O–H groups in total. The Morgan fingerprint density at radius 3 is 1.32 bits per heavy atom. The number of hydrogen-bond donors (Lipinski definition) is 7. The fourth-order valence-corrected chi connectivity index (χ4v) is 11.2. The minimum absolute atomic E-state index is 0.0216. The summed E-state index contributed by atoms with van der Waals surface area (Å²) in [6, 6.07) is 68.8. The molecule has 0 aliphatic carbocycles. The van der Waals surface area contributed by atoms with E-state index in [0.29, 0.717) is 22.6 Å². The van der Waals surface area contributed by atoms with Gasteiger partial charge in [0.05, 0.1) is 6.10 Å². The van der Waals surface area contributed by atoms with Gasteiger partial charge in [-0.3, -0.25) is 0 Å². The molecular weight excluding hydrogens is 1170 g/mol. The van der Waals surface area contributed by atoms with E-state index in [0.717, 1.165) is 109 Å². The summed E-state index contributed by atoms with van der Waals surface area (Å²) < 4.78 is 17.7. The Morgan fingerprint density at radius 1 is 0.404 bits per heavy atom. The van der Waals surface area contributed by atoms with Crippen molar-refractivity contribution >= 4 is 0 Å². The Balaban J connectivity index is 0.000000166. The Labute approximate surface area is 558 Å². The van der Waals surface area contributed by atoms with Crippen LogP contribution in [0.15, 0.2) is 218 Å². The van der Waals surface area contributed by atoms with E-state index in [1.54, 1.807) is 66.7 Å². The number of aryl methyl sites for hydroxylation is 6. The number of phenols is 7. The summed E-state index contributed by atoms with van der Waals surface area (Å²) in [4.78, 5) is 0. The topological polar surface area (TPSA) is 169 Å². The highest BCUT2D eigenvalue weighted by atomic mass is 16.5. The highest BCUT2D eigenvalue weighted by molar-refractivity contribution is 5.76. The molecule has 0 bridgehead atoms. The van der Waals surface area contributed by atoms with Crippen molar-refractivity contribution in [2.45, 2.75) is 157 Å². The fourth-order valence-electron chi connectivity index (χ4n) is 11.2. The van der Waals surface area contributed by atoms with E-state index in [1.807, 2.05) is 128 Å². The summed E-state index contributed by atoms with van der Waals surface area (Å²) in [6.07, 6.45) is 11.2. The van der Waals surface area contributed by atoms with Gasteiger partial charge in [0.2, 0.25) is 0 Å². The van der Waals surface area contributed by atoms with Gasteiger partial charge >= 0.3 is 0 Å². The summed E-state index contributed by atoms with van der Waals surface area (Å²) in [5.41, 5.74) is 15.5. The maximum absolute atomic E-state index is 10.1. The summed E-state index contributed by atoms with van der Waals surface area (Å²) in [7, 11) is 0. The second-order valence-electron chi connectivity index (χ2n) is 24.3. The van der Waals surface area contributed by atoms with Crippen LogP contribution < -0.4 is 14.2 Å². The number of phenolic OH excluding ortho intramolecular Hbond substituents is 7. The molecule has 492 valence electrons. The van der Waals surface area contributed by atoms with Crippen molar-refractivity contribution < 1.29 is 50.0 Å². The van der Waals surface area contributed by atoms with Gasteiger partial charge in [-0.2, -0.15) is 0 Å². The number of ether oxygens (including phenoxy) is 3. The quantitative estimate of drug-likeness (QED) is 0.0390. The number of benzene rings is 10. The Bertz CT molecular complexity index is 3760. The smallest absolute Gasteiger partial charge is 0.130 e. The molecule has 10 aromatic carbocycles. The zero-order valence-corrected chi connectivity index (χ0v) is 56.2. The summed E-state index contributed by atoms with van der Waals surface area (Å²) in [5, 5.41) is 67.5. The van der Waals surface area contributed by atoms with Crippen LogP contribution in [-0.4, -0.2) is 41.8 Å². The van der Waals surface area contributed by atoms with E-state index < -0.39 is 0 Å². The molecule has 2 unspecified atom stereocenters. The minimum Gasteiger partial charge on any atom is -0.508 e. The lowest BCUT2D eigenvalue weighted by Gasteiger charge is -2.18. The second kappa shape index (κ2) is 36.4. The van der Waals surface area contributed by atoms with Crippen LogP contribution >= 0.6 is 0 Å². The minimum atomic E-state index is -0.0672. The predicted octanol–water partition coefficient (Wildman–Crippen LogP) is 20.8. The molecule has 0 amide bonds. The van der Waals surface area contributed by atoms with Crippen LogP contribution in [0, 0.1) is 13.8 Å². The fraction of sp³-hybridized carbons (Fsp3) is 0.286. The molecule has 94 heavy (non-hydrogen) atoms. The molecule has 0 spiro atoms. The lowest BCUT2D eigenvalue weighted by atomic mass is 9.93. The molecule has 1 aliphatic heterocycles. The maximum Gasteiger partial charge on any atom is 0.130 e. The highest BCUT2D eigenvalue weighted by Crippen LogP contribution is 2.47. The van der Waals surface area contributed by atoms with Crippen molar-refractivity contribution in [3.05, 3.63) is 285 Å². The van der Waals surface area contributed by atoms with Gasteiger partial charge in [-0.15, -0.1) is 0 Å². The van der Waals surface area contributed by atoms with Crippen LogP contribution in [0.1, 0.15) is 165 Å². The first-order valence-electron chi connectivity index (χ1n) is 33.2. The van der Waals surface area contributed by atoms with Crippen LogP contribution in [0.3, 0.4) is 0 Å². The van der Waals surface area contributed by atoms with Crippen molar-refractivity contribution in [2.24, 2.45) is 0 Å². The summed E-state index contributed by atoms with van der Waals surface area (Å²) in [5.74, 6) is 4.69. The van der Waals surface area contributed by atoms with Gasteiger partial charge in [0.15, 0.2) is 0 Å². The Kier molecular flexibility index (Phi) is 27.8. The third-order valence-corrected chi connectivity index (χ3v) is 16.3. The van der Waals surface area contributed by atoms with Crippen molar-refractivity contribution in [1.82, 2.24) is 0 Å². The van der Waals surface area contributed by atoms with E-state index in [9.17, 15) is 35.7 Å². The van der Waals surface area contributed by atoms with Crippen LogP contribution in [0.5, 0.6) is 57.5 Å². The zero-order valence-electron chi connectivity index (χ0n) is 56.2. The molecule has 1 heterocycles. The van der Waals surface area contributed by atoms with Crippen LogP contribution in [-0.2, 0) is 38.5 Å². The van der Waals surface area contributed by atoms with Gasteiger partial charge in [-0.25, -0.2) is 0 Å². The molecule has 10 nitrogen and oxygen atoms in total. The largest absolute Gasteiger partial charge is 0.508 e. The third kappa shape index (κ3) is 22.2. The van der Waals surface area contributed by atoms with E-state index in [-0.39, 0.29) is 53.0 Å². The SMILES string of the molecule is CC1c2cc(O)ccc2OC1c1ccc(O)cc1.CCCc1ccc(Cc2cc(CCC)ccc2O)cc1.CCCc1ccc(O)c(-c2cc(CCC)ccc2O)c1.CC[C@H](Oc1ccc(C)cc1)c1ccc(O)cc1.Cc1ccc(O[C@@H](C)Cc2ccc(O)cc2)cc1. The Hall–Kier alpha value is -9.80. The first kappa shape index (κ1) is 71.6. The number of aromatic hydroxyl groups is 7. The molecule has 0 fully saturated rings. The molecule has 0 aromatic heterocycles. The molecule has 0 radical (unpaired) electrons. The normalized spacial score (nSPS) is 13.3. The number of hydrogen-bond acceptors (Lipinski definition) is 10. The lowest BCUT2D eigenvalue weighted by Crippen LogP contribution is -2.14. The molecule has 10 heteroatoms. The van der Waals surface area contributed by atoms with Gasteiger partial charge in [0.25, 0.3) is 0 Å². The van der Waals surface area contributed by atoms with Gasteiger partial charge in [0, 0.05) is 35.4 Å². The molecule has 1 aliphatic rings. The second-order valence-corrected chi connectivity index (χ2v) is 24.3. The average molecular weight is 1270 g/mol. The van der Waals surface area contributed by atoms with Crippen molar-refractivity contribution in [3.63, 3.8) is 0 Å². The van der Waals surface area contributed by atoms with Gasteiger partial charge in [0.1, 0.15) is 69.7 Å². The molecule has 11 rings (SSSR count). The molecule has 4 atom stereocenters. The number of fused-ring (bicyclic) bond motifs is 1. The van der Waals surface area contributed by atoms with Crippen LogP contribution in [0.2, 0.25) is 0 Å². The van der Waals surface area contributed by atoms with Crippen molar-refractivity contribution in [2.75, 3.05) is 0 Å². The lowest BCUT2D eigenvalue weighted by molar-refractivity contribution is 0.201. The van der Waals surface area contributed by atoms with Crippen LogP contribution in [0.25, 0.3) is 11.1 Å².